The summed E-state index contributed by atoms with van der Waals surface area (Å²) in [5, 5.41) is 22.4. The third kappa shape index (κ3) is 4.65. The van der Waals surface area contributed by atoms with Crippen LogP contribution in [-0.2, 0) is 4.74 Å². The minimum absolute atomic E-state index is 0.00322. The Morgan fingerprint density at radius 1 is 1.12 bits per heavy atom. The van der Waals surface area contributed by atoms with Crippen molar-refractivity contribution in [3.8, 4) is 28.5 Å². The minimum Gasteiger partial charge on any atom is -0.508 e. The number of aromatic amines is 1. The number of aromatic hydroxyl groups is 2. The molecule has 172 valence electrons. The Morgan fingerprint density at radius 2 is 1.94 bits per heavy atom. The summed E-state index contributed by atoms with van der Waals surface area (Å²) < 4.78 is 10.3. The molecule has 1 amide bonds. The van der Waals surface area contributed by atoms with Gasteiger partial charge in [-0.15, -0.1) is 0 Å². The van der Waals surface area contributed by atoms with Crippen LogP contribution in [0.1, 0.15) is 17.3 Å². The number of amides is 1. The lowest BCUT2D eigenvalue weighted by atomic mass is 10.1. The summed E-state index contributed by atoms with van der Waals surface area (Å²) in [6, 6.07) is 11.2. The van der Waals surface area contributed by atoms with E-state index >= 15 is 0 Å². The van der Waals surface area contributed by atoms with Gasteiger partial charge in [-0.1, -0.05) is 0 Å². The first-order valence-electron chi connectivity index (χ1n) is 10.1. The lowest BCUT2D eigenvalue weighted by molar-refractivity contribution is 0.0734. The van der Waals surface area contributed by atoms with E-state index in [0.29, 0.717) is 5.56 Å². The predicted octanol–water partition coefficient (Wildman–Crippen LogP) is 3.79. The fourth-order valence-corrected chi connectivity index (χ4v) is 3.35. The van der Waals surface area contributed by atoms with Crippen molar-refractivity contribution in [2.75, 3.05) is 11.9 Å². The van der Waals surface area contributed by atoms with E-state index < -0.39 is 17.5 Å². The lowest BCUT2D eigenvalue weighted by Crippen LogP contribution is -2.15. The molecule has 2 aromatic carbocycles. The maximum Gasteiger partial charge on any atom is 0.411 e. The second-order valence-electron chi connectivity index (χ2n) is 7.12. The number of phenolic OH excluding ortho intramolecular Hbond substituents is 2. The molecular weight excluding hydrogens is 442 g/mol. The number of aromatic nitrogens is 2. The topological polar surface area (TPSA) is 151 Å². The number of carbonyl (C=O) groups excluding carboxylic acids is 2. The molecule has 0 aliphatic heterocycles. The maximum atomic E-state index is 12.7. The normalized spacial score (nSPS) is 10.6. The number of hydrogen-bond donors (Lipinski definition) is 4. The molecule has 0 saturated heterocycles. The fraction of sp³-hybridized carbons (Fsp3) is 0.0833. The van der Waals surface area contributed by atoms with Gasteiger partial charge in [-0.3, -0.25) is 15.1 Å². The lowest BCUT2D eigenvalue weighted by Gasteiger charge is -2.14. The number of fused-ring (bicyclic) bond motifs is 1. The molecule has 34 heavy (non-hydrogen) atoms. The Kier molecular flexibility index (Phi) is 6.13. The van der Waals surface area contributed by atoms with E-state index in [1.54, 1.807) is 19.1 Å². The van der Waals surface area contributed by atoms with E-state index in [1.165, 1.54) is 42.7 Å². The molecule has 4 rings (SSSR count). The highest BCUT2D eigenvalue weighted by atomic mass is 16.5. The van der Waals surface area contributed by atoms with E-state index in [2.05, 4.69) is 15.3 Å². The summed E-state index contributed by atoms with van der Waals surface area (Å²) in [6.45, 7) is 1.77. The summed E-state index contributed by atoms with van der Waals surface area (Å²) >= 11 is 0. The van der Waals surface area contributed by atoms with Gasteiger partial charge in [0, 0.05) is 42.2 Å². The Balaban J connectivity index is 1.78. The first-order chi connectivity index (χ1) is 16.4. The van der Waals surface area contributed by atoms with Crippen molar-refractivity contribution in [2.24, 2.45) is 0 Å². The number of nitrogens with one attached hydrogen (secondary N) is 2. The highest BCUT2D eigenvalue weighted by Crippen LogP contribution is 2.33. The van der Waals surface area contributed by atoms with Crippen LogP contribution in [0.5, 0.6) is 17.2 Å². The highest BCUT2D eigenvalue weighted by Gasteiger charge is 2.16. The summed E-state index contributed by atoms with van der Waals surface area (Å²) in [5.41, 5.74) is 0.763. The molecule has 0 spiro atoms. The second kappa shape index (κ2) is 9.33. The average molecular weight is 461 g/mol. The first kappa shape index (κ1) is 22.3. The van der Waals surface area contributed by atoms with Gasteiger partial charge >= 0.3 is 12.1 Å². The van der Waals surface area contributed by atoms with Gasteiger partial charge < -0.3 is 24.7 Å². The number of rotatable bonds is 5. The van der Waals surface area contributed by atoms with E-state index in [-0.39, 0.29) is 51.7 Å². The molecule has 2 aromatic heterocycles. The van der Waals surface area contributed by atoms with Gasteiger partial charge in [-0.05, 0) is 31.2 Å². The number of H-pyrrole nitrogens is 1. The standard InChI is InChI=1S/C24H19N3O7/c1-2-33-24(32)27-17-10-15(34-23(31)13-4-3-7-25-12-13)5-6-16(17)18-11-21(30)22-19(26-18)8-14(28)9-20(22)29/h3-12,28-29H,2H2,1H3,(H,26,30)(H,27,32). The SMILES string of the molecule is CCOC(=O)Nc1cc(OC(=O)c2cccnc2)ccc1-c1cc(=O)c2c(O)cc(O)cc2[nH]1. The van der Waals surface area contributed by atoms with Gasteiger partial charge in [0.1, 0.15) is 17.2 Å². The average Bonchev–Trinajstić information content (AvgIpc) is 2.79. The van der Waals surface area contributed by atoms with Crippen molar-refractivity contribution in [2.45, 2.75) is 6.92 Å². The number of esters is 1. The number of carbonyl (C=O) groups is 2. The number of phenols is 2. The summed E-state index contributed by atoms with van der Waals surface area (Å²) in [5.74, 6) is -1.12. The van der Waals surface area contributed by atoms with Crippen LogP contribution in [0.3, 0.4) is 0 Å². The van der Waals surface area contributed by atoms with E-state index in [0.717, 1.165) is 6.07 Å². The van der Waals surface area contributed by atoms with Crippen LogP contribution < -0.4 is 15.5 Å². The molecule has 0 bridgehead atoms. The zero-order chi connectivity index (χ0) is 24.2. The molecule has 0 unspecified atom stereocenters. The monoisotopic (exact) mass is 461 g/mol. The summed E-state index contributed by atoms with van der Waals surface area (Å²) in [6.07, 6.45) is 2.13. The molecule has 10 heteroatoms. The summed E-state index contributed by atoms with van der Waals surface area (Å²) in [7, 11) is 0. The first-order valence-corrected chi connectivity index (χ1v) is 10.1. The van der Waals surface area contributed by atoms with Crippen LogP contribution in [0.2, 0.25) is 0 Å². The quantitative estimate of drug-likeness (QED) is 0.259. The fourth-order valence-electron chi connectivity index (χ4n) is 3.35. The van der Waals surface area contributed by atoms with Crippen LogP contribution in [0.4, 0.5) is 10.5 Å². The number of benzene rings is 2. The number of anilines is 1. The van der Waals surface area contributed by atoms with Crippen molar-refractivity contribution in [1.82, 2.24) is 9.97 Å². The van der Waals surface area contributed by atoms with Gasteiger partial charge in [0.25, 0.3) is 0 Å². The van der Waals surface area contributed by atoms with Gasteiger partial charge in [0.15, 0.2) is 5.43 Å². The number of pyridine rings is 2. The van der Waals surface area contributed by atoms with Crippen molar-refractivity contribution in [3.63, 3.8) is 0 Å². The van der Waals surface area contributed by atoms with E-state index in [1.807, 2.05) is 0 Å². The van der Waals surface area contributed by atoms with Crippen molar-refractivity contribution < 1.29 is 29.3 Å². The minimum atomic E-state index is -0.752. The molecular formula is C24H19N3O7. The molecule has 0 atom stereocenters. The molecule has 0 aliphatic rings. The van der Waals surface area contributed by atoms with Crippen LogP contribution in [0, 0.1) is 0 Å². The molecule has 4 N–H and O–H groups in total. The van der Waals surface area contributed by atoms with Gasteiger partial charge in [0.2, 0.25) is 0 Å². The third-order valence-corrected chi connectivity index (χ3v) is 4.79. The van der Waals surface area contributed by atoms with Crippen LogP contribution in [-0.4, -0.2) is 38.9 Å². The van der Waals surface area contributed by atoms with Gasteiger partial charge in [0.05, 0.1) is 34.5 Å². The Morgan fingerprint density at radius 3 is 2.68 bits per heavy atom. The van der Waals surface area contributed by atoms with E-state index in [4.69, 9.17) is 9.47 Å². The number of hydrogen-bond acceptors (Lipinski definition) is 8. The molecule has 2 heterocycles. The maximum absolute atomic E-state index is 12.7. The van der Waals surface area contributed by atoms with E-state index in [9.17, 15) is 24.6 Å². The zero-order valence-electron chi connectivity index (χ0n) is 17.9. The molecule has 0 aliphatic carbocycles. The summed E-state index contributed by atoms with van der Waals surface area (Å²) in [4.78, 5) is 44.0. The Labute approximate surface area is 192 Å². The van der Waals surface area contributed by atoms with Gasteiger partial charge in [-0.2, -0.15) is 0 Å². The van der Waals surface area contributed by atoms with Crippen LogP contribution in [0.25, 0.3) is 22.2 Å². The van der Waals surface area contributed by atoms with Crippen molar-refractivity contribution >= 4 is 28.7 Å². The van der Waals surface area contributed by atoms with Crippen molar-refractivity contribution in [1.29, 1.82) is 0 Å². The highest BCUT2D eigenvalue weighted by molar-refractivity contribution is 5.95. The molecule has 0 fully saturated rings. The zero-order valence-corrected chi connectivity index (χ0v) is 17.9. The van der Waals surface area contributed by atoms with Crippen molar-refractivity contribution in [3.05, 3.63) is 76.7 Å². The molecule has 10 nitrogen and oxygen atoms in total. The smallest absolute Gasteiger partial charge is 0.411 e. The molecule has 0 saturated carbocycles. The Hall–Kier alpha value is -4.86. The largest absolute Gasteiger partial charge is 0.508 e. The second-order valence-corrected chi connectivity index (χ2v) is 7.12. The number of nitrogens with zero attached hydrogens (tertiary/aromatic N) is 1. The number of ether oxygens (including phenoxy) is 2. The Bertz CT molecular complexity index is 1450. The van der Waals surface area contributed by atoms with Crippen LogP contribution >= 0.6 is 0 Å². The predicted molar refractivity (Wildman–Crippen MR) is 123 cm³/mol. The molecule has 0 radical (unpaired) electrons. The van der Waals surface area contributed by atoms with Crippen LogP contribution in [0.15, 0.2) is 65.7 Å². The molecule has 4 aromatic rings. The third-order valence-electron chi connectivity index (χ3n) is 4.79. The van der Waals surface area contributed by atoms with Gasteiger partial charge in [-0.25, -0.2) is 9.59 Å².